The second-order valence-corrected chi connectivity index (χ2v) is 9.85. The van der Waals surface area contributed by atoms with Crippen molar-refractivity contribution < 1.29 is 19.1 Å². The Morgan fingerprint density at radius 1 is 1.06 bits per heavy atom. The van der Waals surface area contributed by atoms with E-state index in [4.69, 9.17) is 9.47 Å². The number of carbonyl (C=O) groups excluding carboxylic acids is 2. The lowest BCUT2D eigenvalue weighted by Gasteiger charge is -2.30. The van der Waals surface area contributed by atoms with Gasteiger partial charge in [0.25, 0.3) is 0 Å². The lowest BCUT2D eigenvalue weighted by molar-refractivity contribution is -0.143. The lowest BCUT2D eigenvalue weighted by Crippen LogP contribution is -2.45. The van der Waals surface area contributed by atoms with Gasteiger partial charge in [-0.05, 0) is 47.5 Å². The van der Waals surface area contributed by atoms with Gasteiger partial charge in [0.05, 0.1) is 13.1 Å². The quantitative estimate of drug-likeness (QED) is 0.511. The average Bonchev–Trinajstić information content (AvgIpc) is 3.40. The maximum absolute atomic E-state index is 13.5. The Hall–Kier alpha value is -2.54. The molecule has 0 unspecified atom stereocenters. The third kappa shape index (κ3) is 6.03. The van der Waals surface area contributed by atoms with Crippen LogP contribution in [0.25, 0.3) is 0 Å². The van der Waals surface area contributed by atoms with Gasteiger partial charge in [-0.3, -0.25) is 9.59 Å². The van der Waals surface area contributed by atoms with Crippen molar-refractivity contribution in [3.8, 4) is 11.5 Å². The van der Waals surface area contributed by atoms with Crippen LogP contribution in [-0.2, 0) is 22.7 Å². The highest BCUT2D eigenvalue weighted by atomic mass is 32.1. The van der Waals surface area contributed by atoms with E-state index in [1.54, 1.807) is 16.2 Å². The molecule has 0 saturated heterocycles. The summed E-state index contributed by atoms with van der Waals surface area (Å²) >= 11 is 1.65. The van der Waals surface area contributed by atoms with E-state index < -0.39 is 0 Å². The van der Waals surface area contributed by atoms with Gasteiger partial charge < -0.3 is 19.3 Å². The number of nitrogens with zero attached hydrogens (tertiary/aromatic N) is 2. The van der Waals surface area contributed by atoms with Gasteiger partial charge in [0.15, 0.2) is 11.5 Å². The van der Waals surface area contributed by atoms with Gasteiger partial charge in [-0.2, -0.15) is 0 Å². The normalized spacial score (nSPS) is 13.3. The zero-order valence-corrected chi connectivity index (χ0v) is 20.5. The van der Waals surface area contributed by atoms with E-state index >= 15 is 0 Å². The number of ether oxygens (including phenoxy) is 2. The van der Waals surface area contributed by atoms with Gasteiger partial charge in [0.2, 0.25) is 18.6 Å². The van der Waals surface area contributed by atoms with Gasteiger partial charge in [-0.1, -0.05) is 40.2 Å². The minimum absolute atomic E-state index is 0.0222. The molecule has 3 rings (SSSR count). The Labute approximate surface area is 195 Å². The Kier molecular flexibility index (Phi) is 8.18. The maximum Gasteiger partial charge on any atom is 0.242 e. The molecular weight excluding hydrogens is 424 g/mol. The van der Waals surface area contributed by atoms with Crippen LogP contribution in [0.4, 0.5) is 0 Å². The number of carbonyl (C=O) groups is 2. The largest absolute Gasteiger partial charge is 0.454 e. The number of hydrogen-bond acceptors (Lipinski definition) is 5. The highest BCUT2D eigenvalue weighted by Crippen LogP contribution is 2.33. The lowest BCUT2D eigenvalue weighted by atomic mass is 10.1. The van der Waals surface area contributed by atoms with E-state index in [-0.39, 0.29) is 31.1 Å². The van der Waals surface area contributed by atoms with Crippen molar-refractivity contribution in [1.29, 1.82) is 0 Å². The van der Waals surface area contributed by atoms with Gasteiger partial charge in [0.1, 0.15) is 0 Å². The summed E-state index contributed by atoms with van der Waals surface area (Å²) in [7, 11) is 0. The molecule has 1 aromatic carbocycles. The fraction of sp³-hybridized carbons (Fsp3) is 0.520. The average molecular weight is 459 g/mol. The number of thiophene rings is 1. The molecule has 7 heteroatoms. The molecule has 174 valence electrons. The molecule has 0 radical (unpaired) electrons. The maximum atomic E-state index is 13.5. The molecule has 2 amide bonds. The summed E-state index contributed by atoms with van der Waals surface area (Å²) in [4.78, 5) is 31.1. The number of hydrogen-bond donors (Lipinski definition) is 0. The third-order valence-corrected chi connectivity index (χ3v) is 6.83. The molecule has 1 aromatic heterocycles. The summed E-state index contributed by atoms with van der Waals surface area (Å²) in [5, 5.41) is 2.05. The molecular formula is C25H34N2O4S. The van der Waals surface area contributed by atoms with Crippen LogP contribution in [0, 0.1) is 18.8 Å². The molecule has 1 aliphatic rings. The van der Waals surface area contributed by atoms with Gasteiger partial charge in [0, 0.05) is 23.9 Å². The number of fused-ring (bicyclic) bond motifs is 1. The van der Waals surface area contributed by atoms with Crippen LogP contribution in [0.3, 0.4) is 0 Å². The van der Waals surface area contributed by atoms with Crippen LogP contribution in [0.2, 0.25) is 0 Å². The fourth-order valence-corrected chi connectivity index (χ4v) is 4.52. The molecule has 0 fully saturated rings. The van der Waals surface area contributed by atoms with E-state index in [1.807, 2.05) is 42.3 Å². The Bertz CT molecular complexity index is 940. The van der Waals surface area contributed by atoms with Crippen molar-refractivity contribution in [2.24, 2.45) is 11.8 Å². The van der Waals surface area contributed by atoms with Crippen molar-refractivity contribution in [2.45, 2.75) is 54.1 Å². The molecule has 2 heterocycles. The molecule has 0 saturated carbocycles. The fourth-order valence-electron chi connectivity index (χ4n) is 3.60. The summed E-state index contributed by atoms with van der Waals surface area (Å²) in [6.07, 6.45) is 0.964. The second-order valence-electron chi connectivity index (χ2n) is 8.85. The third-order valence-electron chi connectivity index (χ3n) is 5.83. The summed E-state index contributed by atoms with van der Waals surface area (Å²) in [5.41, 5.74) is 2.15. The Morgan fingerprint density at radius 3 is 2.47 bits per heavy atom. The molecule has 6 nitrogen and oxygen atoms in total. The minimum Gasteiger partial charge on any atom is -0.454 e. The second kappa shape index (κ2) is 10.9. The van der Waals surface area contributed by atoms with Crippen LogP contribution >= 0.6 is 11.3 Å². The van der Waals surface area contributed by atoms with E-state index in [0.29, 0.717) is 31.3 Å². The summed E-state index contributed by atoms with van der Waals surface area (Å²) in [6, 6.07) is 7.85. The number of amides is 2. The molecule has 0 bridgehead atoms. The predicted octanol–water partition coefficient (Wildman–Crippen LogP) is 4.84. The van der Waals surface area contributed by atoms with Gasteiger partial charge in [-0.25, -0.2) is 0 Å². The van der Waals surface area contributed by atoms with Crippen molar-refractivity contribution in [2.75, 3.05) is 19.9 Å². The van der Waals surface area contributed by atoms with Gasteiger partial charge in [-0.15, -0.1) is 11.3 Å². The topological polar surface area (TPSA) is 59.1 Å². The van der Waals surface area contributed by atoms with Crippen LogP contribution in [0.1, 0.15) is 50.1 Å². The summed E-state index contributed by atoms with van der Waals surface area (Å²) < 4.78 is 10.9. The van der Waals surface area contributed by atoms with E-state index in [0.717, 1.165) is 22.6 Å². The van der Waals surface area contributed by atoms with Crippen LogP contribution in [0.15, 0.2) is 29.6 Å². The molecule has 1 aliphatic heterocycles. The molecule has 2 aromatic rings. The standard InChI is InChI=1S/C25H34N2O4S/c1-6-18(4)12-27(25(29)17(2)3)15-24(28)26(14-23-19(5)9-10-32-23)13-20-7-8-21-22(11-20)31-16-30-21/h7-11,17-18H,6,12-16H2,1-5H3/t18-/m1/s1. The van der Waals surface area contributed by atoms with Crippen LogP contribution in [0.5, 0.6) is 11.5 Å². The highest BCUT2D eigenvalue weighted by molar-refractivity contribution is 7.10. The van der Waals surface area contributed by atoms with E-state index in [1.165, 1.54) is 5.56 Å². The molecule has 32 heavy (non-hydrogen) atoms. The molecule has 1 atom stereocenters. The zero-order valence-electron chi connectivity index (χ0n) is 19.7. The molecule has 0 spiro atoms. The zero-order chi connectivity index (χ0) is 23.3. The smallest absolute Gasteiger partial charge is 0.242 e. The first-order chi connectivity index (χ1) is 15.3. The first-order valence-corrected chi connectivity index (χ1v) is 12.1. The van der Waals surface area contributed by atoms with Crippen molar-refractivity contribution in [3.05, 3.63) is 45.6 Å². The van der Waals surface area contributed by atoms with Crippen molar-refractivity contribution >= 4 is 23.2 Å². The van der Waals surface area contributed by atoms with E-state index in [9.17, 15) is 9.59 Å². The minimum atomic E-state index is -0.145. The van der Waals surface area contributed by atoms with Crippen molar-refractivity contribution in [1.82, 2.24) is 9.80 Å². The first-order valence-electron chi connectivity index (χ1n) is 11.3. The SMILES string of the molecule is CC[C@@H](C)CN(CC(=O)N(Cc1ccc2c(c1)OCO2)Cc1sccc1C)C(=O)C(C)C. The number of rotatable bonds is 10. The van der Waals surface area contributed by atoms with Crippen LogP contribution < -0.4 is 9.47 Å². The first kappa shape index (κ1) is 24.1. The van der Waals surface area contributed by atoms with E-state index in [2.05, 4.69) is 26.8 Å². The summed E-state index contributed by atoms with van der Waals surface area (Å²) in [6.45, 7) is 11.9. The van der Waals surface area contributed by atoms with Crippen LogP contribution in [-0.4, -0.2) is 41.5 Å². The highest BCUT2D eigenvalue weighted by Gasteiger charge is 2.25. The van der Waals surface area contributed by atoms with Crippen molar-refractivity contribution in [3.63, 3.8) is 0 Å². The predicted molar refractivity (Wildman–Crippen MR) is 127 cm³/mol. The monoisotopic (exact) mass is 458 g/mol. The number of benzene rings is 1. The molecule has 0 N–H and O–H groups in total. The summed E-state index contributed by atoms with van der Waals surface area (Å²) in [5.74, 6) is 1.60. The van der Waals surface area contributed by atoms with Gasteiger partial charge >= 0.3 is 0 Å². The molecule has 0 aliphatic carbocycles. The number of aryl methyl sites for hydroxylation is 1. The Morgan fingerprint density at radius 2 is 1.81 bits per heavy atom. The Balaban J connectivity index is 1.81.